The van der Waals surface area contributed by atoms with Gasteiger partial charge in [-0.2, -0.15) is 0 Å². The lowest BCUT2D eigenvalue weighted by Gasteiger charge is -2.17. The second-order valence-corrected chi connectivity index (χ2v) is 6.23. The van der Waals surface area contributed by atoms with Crippen molar-refractivity contribution in [3.05, 3.63) is 17.7 Å². The molecule has 0 spiro atoms. The maximum absolute atomic E-state index is 13.5. The fourth-order valence-electron chi connectivity index (χ4n) is 2.01. The van der Waals surface area contributed by atoms with Gasteiger partial charge in [0, 0.05) is 11.8 Å². The minimum atomic E-state index is -2.11. The highest BCUT2D eigenvalue weighted by Crippen LogP contribution is 2.40. The van der Waals surface area contributed by atoms with Gasteiger partial charge in [-0.15, -0.1) is 11.8 Å². The lowest BCUT2D eigenvalue weighted by molar-refractivity contribution is 0.153. The van der Waals surface area contributed by atoms with Gasteiger partial charge in [-0.3, -0.25) is 0 Å². The van der Waals surface area contributed by atoms with Crippen molar-refractivity contribution in [1.29, 1.82) is 0 Å². The fourth-order valence-corrected chi connectivity index (χ4v) is 3.11. The molecule has 0 saturated heterocycles. The van der Waals surface area contributed by atoms with Gasteiger partial charge in [0.05, 0.1) is 19.1 Å². The van der Waals surface area contributed by atoms with E-state index in [4.69, 9.17) is 15.2 Å². The number of nitrogens with two attached hydrogens (primary N) is 1. The van der Waals surface area contributed by atoms with Crippen LogP contribution in [0.2, 0.25) is 0 Å². The molecule has 0 saturated carbocycles. The first-order chi connectivity index (χ1) is 11.0. The maximum atomic E-state index is 13.5. The van der Waals surface area contributed by atoms with Crippen LogP contribution in [0.3, 0.4) is 0 Å². The van der Waals surface area contributed by atoms with Crippen molar-refractivity contribution in [2.45, 2.75) is 43.0 Å². The van der Waals surface area contributed by atoms with Crippen molar-refractivity contribution in [1.82, 2.24) is 0 Å². The van der Waals surface area contributed by atoms with Crippen LogP contribution in [0, 0.1) is 0 Å². The second kappa shape index (κ2) is 9.93. The molecule has 0 bridgehead atoms. The second-order valence-electron chi connectivity index (χ2n) is 5.20. The summed E-state index contributed by atoms with van der Waals surface area (Å²) < 4.78 is 49.4. The lowest BCUT2D eigenvalue weighted by atomic mass is 10.0. The van der Waals surface area contributed by atoms with Gasteiger partial charge in [0.2, 0.25) is 0 Å². The largest absolute Gasteiger partial charge is 0.495 e. The average molecular weight is 351 g/mol. The van der Waals surface area contributed by atoms with E-state index in [2.05, 4.69) is 0 Å². The first-order valence-electron chi connectivity index (χ1n) is 7.44. The number of hydrogen-bond acceptors (Lipinski definition) is 4. The number of rotatable bonds is 10. The zero-order valence-corrected chi connectivity index (χ0v) is 14.5. The molecule has 0 aromatic heterocycles. The van der Waals surface area contributed by atoms with Gasteiger partial charge in [0.15, 0.2) is 6.17 Å². The van der Waals surface area contributed by atoms with E-state index in [9.17, 15) is 13.2 Å². The molecule has 0 aliphatic rings. The molecule has 7 heteroatoms. The fraction of sp³-hybridized carbons (Fsp3) is 0.625. The van der Waals surface area contributed by atoms with Gasteiger partial charge >= 0.3 is 0 Å². The average Bonchev–Trinajstić information content (AvgIpc) is 2.58. The standard InChI is InChI=1S/C16H24F3NO2S/c1-4-11(20)5-10-6-14(21-2)16(15(7-10)22-3)23-9-13(19)12(18)8-17/h6-7,11-13H,4-5,8-9,20H2,1-3H3. The molecule has 2 N–H and O–H groups in total. The van der Waals surface area contributed by atoms with E-state index in [-0.39, 0.29) is 11.8 Å². The summed E-state index contributed by atoms with van der Waals surface area (Å²) in [5.41, 5.74) is 6.91. The first kappa shape index (κ1) is 20.0. The summed E-state index contributed by atoms with van der Waals surface area (Å²) in [5.74, 6) is 0.803. The Balaban J connectivity index is 2.97. The first-order valence-corrected chi connectivity index (χ1v) is 8.42. The lowest BCUT2D eigenvalue weighted by Crippen LogP contribution is -2.22. The summed E-state index contributed by atoms with van der Waals surface area (Å²) in [6, 6.07) is 3.65. The molecule has 0 heterocycles. The van der Waals surface area contributed by atoms with Crippen molar-refractivity contribution in [3.8, 4) is 11.5 Å². The summed E-state index contributed by atoms with van der Waals surface area (Å²) in [5, 5.41) is 0. The van der Waals surface area contributed by atoms with E-state index in [0.717, 1.165) is 23.7 Å². The quantitative estimate of drug-likeness (QED) is 0.653. The van der Waals surface area contributed by atoms with Crippen molar-refractivity contribution in [2.24, 2.45) is 5.73 Å². The molecule has 0 aliphatic carbocycles. The molecule has 1 rings (SSSR count). The highest BCUT2D eigenvalue weighted by atomic mass is 32.2. The van der Waals surface area contributed by atoms with Gasteiger partial charge in [0.1, 0.15) is 24.3 Å². The number of methoxy groups -OCH3 is 2. The van der Waals surface area contributed by atoms with Crippen molar-refractivity contribution in [3.63, 3.8) is 0 Å². The highest BCUT2D eigenvalue weighted by Gasteiger charge is 2.23. The van der Waals surface area contributed by atoms with E-state index in [1.807, 2.05) is 19.1 Å². The topological polar surface area (TPSA) is 44.5 Å². The molecule has 3 unspecified atom stereocenters. The monoisotopic (exact) mass is 351 g/mol. The number of hydrogen-bond donors (Lipinski definition) is 1. The zero-order valence-electron chi connectivity index (χ0n) is 13.7. The summed E-state index contributed by atoms with van der Waals surface area (Å²) in [7, 11) is 2.99. The molecular weight excluding hydrogens is 327 g/mol. The van der Waals surface area contributed by atoms with Gasteiger partial charge < -0.3 is 15.2 Å². The van der Waals surface area contributed by atoms with Crippen LogP contribution < -0.4 is 15.2 Å². The van der Waals surface area contributed by atoms with Crippen LogP contribution in [0.15, 0.2) is 17.0 Å². The third-order valence-corrected chi connectivity index (χ3v) is 4.65. The molecule has 3 nitrogen and oxygen atoms in total. The third-order valence-electron chi connectivity index (χ3n) is 3.47. The van der Waals surface area contributed by atoms with Gasteiger partial charge in [-0.25, -0.2) is 13.2 Å². The van der Waals surface area contributed by atoms with Crippen LogP contribution in [-0.2, 0) is 6.42 Å². The minimum absolute atomic E-state index is 0.0231. The SMILES string of the molecule is CCC(N)Cc1cc(OC)c(SCC(F)C(F)CF)c(OC)c1. The predicted molar refractivity (Wildman–Crippen MR) is 88.0 cm³/mol. The Morgan fingerprint density at radius 3 is 2.13 bits per heavy atom. The third kappa shape index (κ3) is 5.80. The van der Waals surface area contributed by atoms with Crippen molar-refractivity contribution < 1.29 is 22.6 Å². The van der Waals surface area contributed by atoms with Crippen LogP contribution in [0.4, 0.5) is 13.2 Å². The Labute approximate surface area is 139 Å². The van der Waals surface area contributed by atoms with Crippen LogP contribution >= 0.6 is 11.8 Å². The predicted octanol–water partition coefficient (Wildman–Crippen LogP) is 3.72. The number of thioether (sulfide) groups is 1. The number of alkyl halides is 3. The molecule has 23 heavy (non-hydrogen) atoms. The molecule has 132 valence electrons. The number of halogens is 3. The Kier molecular flexibility index (Phi) is 8.62. The summed E-state index contributed by atoms with van der Waals surface area (Å²) in [4.78, 5) is 0.567. The summed E-state index contributed by atoms with van der Waals surface area (Å²) in [6.45, 7) is 0.673. The van der Waals surface area contributed by atoms with Crippen LogP contribution in [-0.4, -0.2) is 45.0 Å². The molecule has 0 aliphatic heterocycles. The smallest absolute Gasteiger partial charge is 0.160 e. The number of benzene rings is 1. The van der Waals surface area contributed by atoms with Crippen molar-refractivity contribution in [2.75, 3.05) is 26.6 Å². The van der Waals surface area contributed by atoms with E-state index in [1.165, 1.54) is 14.2 Å². The molecule has 1 aromatic rings. The van der Waals surface area contributed by atoms with E-state index < -0.39 is 19.0 Å². The van der Waals surface area contributed by atoms with Gasteiger partial charge in [0.25, 0.3) is 0 Å². The molecule has 1 aromatic carbocycles. The summed E-state index contributed by atoms with van der Waals surface area (Å²) in [6.07, 6.45) is -2.49. The molecular formula is C16H24F3NO2S. The Hall–Kier alpha value is -1.08. The normalized spacial score (nSPS) is 15.1. The number of ether oxygens (including phenoxy) is 2. The molecule has 3 atom stereocenters. The zero-order chi connectivity index (χ0) is 17.4. The molecule has 0 amide bonds. The Morgan fingerprint density at radius 2 is 1.70 bits per heavy atom. The van der Waals surface area contributed by atoms with Crippen LogP contribution in [0.5, 0.6) is 11.5 Å². The van der Waals surface area contributed by atoms with Crippen molar-refractivity contribution >= 4 is 11.8 Å². The maximum Gasteiger partial charge on any atom is 0.160 e. The van der Waals surface area contributed by atoms with E-state index in [0.29, 0.717) is 22.8 Å². The van der Waals surface area contributed by atoms with Crippen LogP contribution in [0.25, 0.3) is 0 Å². The molecule has 0 fully saturated rings. The van der Waals surface area contributed by atoms with Gasteiger partial charge in [-0.1, -0.05) is 6.92 Å². The molecule has 0 radical (unpaired) electrons. The highest BCUT2D eigenvalue weighted by molar-refractivity contribution is 7.99. The Morgan fingerprint density at radius 1 is 1.13 bits per heavy atom. The van der Waals surface area contributed by atoms with Crippen LogP contribution in [0.1, 0.15) is 18.9 Å². The van der Waals surface area contributed by atoms with Gasteiger partial charge in [-0.05, 0) is 30.5 Å². The Bertz CT molecular complexity index is 465. The summed E-state index contributed by atoms with van der Waals surface area (Å²) >= 11 is 1.05. The van der Waals surface area contributed by atoms with E-state index >= 15 is 0 Å². The van der Waals surface area contributed by atoms with E-state index in [1.54, 1.807) is 0 Å². The minimum Gasteiger partial charge on any atom is -0.495 e.